The molecule has 2 rings (SSSR count). The van der Waals surface area contributed by atoms with Crippen LogP contribution in [-0.2, 0) is 0 Å². The Morgan fingerprint density at radius 1 is 0.867 bits per heavy atom. The van der Waals surface area contributed by atoms with E-state index in [2.05, 4.69) is 24.3 Å². The van der Waals surface area contributed by atoms with Gasteiger partial charge in [-0.3, -0.25) is 0 Å². The predicted octanol–water partition coefficient (Wildman–Crippen LogP) is 4.37. The van der Waals surface area contributed by atoms with Gasteiger partial charge in [0, 0.05) is 0 Å². The smallest absolute Gasteiger partial charge is 0.0264 e. The molecule has 2 aliphatic carbocycles. The van der Waals surface area contributed by atoms with Crippen LogP contribution >= 0.6 is 18.5 Å². The van der Waals surface area contributed by atoms with Crippen molar-refractivity contribution in [3.8, 4) is 0 Å². The Balaban J connectivity index is 1.80. The van der Waals surface area contributed by atoms with Crippen LogP contribution in [0, 0.1) is 11.8 Å². The Hall–Kier alpha value is 0.600. The zero-order chi connectivity index (χ0) is 10.7. The SMILES string of the molecule is PC=C1CCC(C2CCC(P)CC2)CC1. The zero-order valence-corrected chi connectivity index (χ0v) is 11.9. The summed E-state index contributed by atoms with van der Waals surface area (Å²) in [4.78, 5) is 0. The molecule has 0 aromatic rings. The Morgan fingerprint density at radius 3 is 1.93 bits per heavy atom. The van der Waals surface area contributed by atoms with Crippen LogP contribution in [0.15, 0.2) is 11.4 Å². The molecule has 0 heterocycles. The maximum atomic E-state index is 3.01. The van der Waals surface area contributed by atoms with E-state index in [4.69, 9.17) is 0 Å². The quantitative estimate of drug-likeness (QED) is 0.599. The molecule has 2 saturated carbocycles. The molecule has 86 valence electrons. The molecule has 0 radical (unpaired) electrons. The van der Waals surface area contributed by atoms with Gasteiger partial charge in [0.15, 0.2) is 0 Å². The highest BCUT2D eigenvalue weighted by atomic mass is 31.0. The van der Waals surface area contributed by atoms with Gasteiger partial charge in [-0.15, -0.1) is 18.5 Å². The third kappa shape index (κ3) is 3.28. The maximum Gasteiger partial charge on any atom is -0.0264 e. The van der Waals surface area contributed by atoms with Gasteiger partial charge in [0.2, 0.25) is 0 Å². The van der Waals surface area contributed by atoms with E-state index >= 15 is 0 Å². The van der Waals surface area contributed by atoms with Crippen LogP contribution in [0.3, 0.4) is 0 Å². The van der Waals surface area contributed by atoms with E-state index in [1.54, 1.807) is 5.57 Å². The van der Waals surface area contributed by atoms with Crippen molar-refractivity contribution in [1.29, 1.82) is 0 Å². The Bertz CT molecular complexity index is 217. The van der Waals surface area contributed by atoms with Gasteiger partial charge in [-0.2, -0.15) is 0 Å². The van der Waals surface area contributed by atoms with Crippen molar-refractivity contribution in [2.24, 2.45) is 11.8 Å². The minimum atomic E-state index is 0.923. The van der Waals surface area contributed by atoms with E-state index in [1.165, 1.54) is 51.4 Å². The number of allylic oxidation sites excluding steroid dienone is 1. The van der Waals surface area contributed by atoms with Gasteiger partial charge < -0.3 is 0 Å². The highest BCUT2D eigenvalue weighted by Crippen LogP contribution is 2.41. The van der Waals surface area contributed by atoms with Gasteiger partial charge in [-0.25, -0.2) is 0 Å². The number of hydrogen-bond donors (Lipinski definition) is 0. The maximum absolute atomic E-state index is 3.01. The van der Waals surface area contributed by atoms with E-state index in [-0.39, 0.29) is 0 Å². The third-order valence-corrected chi connectivity index (χ3v) is 5.53. The Kier molecular flexibility index (Phi) is 4.66. The fourth-order valence-electron chi connectivity index (χ4n) is 3.27. The second kappa shape index (κ2) is 5.79. The highest BCUT2D eigenvalue weighted by molar-refractivity contribution is 7.20. The molecule has 0 saturated heterocycles. The lowest BCUT2D eigenvalue weighted by atomic mass is 9.72. The first-order valence-corrected chi connectivity index (χ1v) is 7.78. The molecule has 2 heteroatoms. The fraction of sp³-hybridized carbons (Fsp3) is 0.846. The van der Waals surface area contributed by atoms with Crippen molar-refractivity contribution in [2.75, 3.05) is 0 Å². The molecule has 0 spiro atoms. The molecular weight excluding hydrogens is 218 g/mol. The first-order valence-electron chi connectivity index (χ1n) is 6.45. The Morgan fingerprint density at radius 2 is 1.40 bits per heavy atom. The second-order valence-corrected chi connectivity index (χ2v) is 6.61. The summed E-state index contributed by atoms with van der Waals surface area (Å²) in [7, 11) is 5.78. The van der Waals surface area contributed by atoms with Crippen LogP contribution in [0.4, 0.5) is 0 Å². The molecule has 2 fully saturated rings. The van der Waals surface area contributed by atoms with E-state index < -0.39 is 0 Å². The van der Waals surface area contributed by atoms with Crippen molar-refractivity contribution in [3.63, 3.8) is 0 Å². The van der Waals surface area contributed by atoms with Gasteiger partial charge in [0.25, 0.3) is 0 Å². The molecular formula is C13H24P2. The van der Waals surface area contributed by atoms with Crippen LogP contribution in [0.25, 0.3) is 0 Å². The molecule has 0 bridgehead atoms. The molecule has 2 unspecified atom stereocenters. The van der Waals surface area contributed by atoms with Crippen LogP contribution in [0.1, 0.15) is 51.4 Å². The highest BCUT2D eigenvalue weighted by Gasteiger charge is 2.27. The first kappa shape index (κ1) is 12.1. The van der Waals surface area contributed by atoms with Crippen molar-refractivity contribution >= 4 is 18.5 Å². The Labute approximate surface area is 99.1 Å². The number of hydrogen-bond acceptors (Lipinski definition) is 0. The molecule has 0 aromatic carbocycles. The average Bonchev–Trinajstić information content (AvgIpc) is 2.30. The summed E-state index contributed by atoms with van der Waals surface area (Å²) in [5.74, 6) is 4.37. The summed E-state index contributed by atoms with van der Waals surface area (Å²) in [6.45, 7) is 0. The van der Waals surface area contributed by atoms with Gasteiger partial charge in [-0.1, -0.05) is 11.4 Å². The van der Waals surface area contributed by atoms with Gasteiger partial charge in [0.05, 0.1) is 0 Å². The molecule has 2 atom stereocenters. The van der Waals surface area contributed by atoms with Crippen LogP contribution in [-0.4, -0.2) is 5.66 Å². The third-order valence-electron chi connectivity index (χ3n) is 4.39. The van der Waals surface area contributed by atoms with Crippen LogP contribution in [0.2, 0.25) is 0 Å². The molecule has 0 nitrogen and oxygen atoms in total. The lowest BCUT2D eigenvalue weighted by Crippen LogP contribution is -2.24. The number of rotatable bonds is 1. The summed E-state index contributed by atoms with van der Waals surface area (Å²) >= 11 is 0. The van der Waals surface area contributed by atoms with Crippen LogP contribution in [0.5, 0.6) is 0 Å². The lowest BCUT2D eigenvalue weighted by Gasteiger charge is -2.35. The molecule has 0 amide bonds. The van der Waals surface area contributed by atoms with Gasteiger partial charge in [0.1, 0.15) is 0 Å². The lowest BCUT2D eigenvalue weighted by molar-refractivity contribution is 0.214. The molecule has 0 aromatic heterocycles. The standard InChI is InChI=1S/C13H24P2/c14-9-10-1-3-11(4-2-10)12-5-7-13(15)8-6-12/h9,11-13H,1-8,14-15H2. The van der Waals surface area contributed by atoms with E-state index in [0.717, 1.165) is 17.5 Å². The summed E-state index contributed by atoms with van der Waals surface area (Å²) in [5, 5.41) is 0. The van der Waals surface area contributed by atoms with Crippen molar-refractivity contribution < 1.29 is 0 Å². The second-order valence-electron chi connectivity index (χ2n) is 5.34. The summed E-state index contributed by atoms with van der Waals surface area (Å²) < 4.78 is 0. The van der Waals surface area contributed by atoms with Gasteiger partial charge in [-0.05, 0) is 68.9 Å². The fourth-order valence-corrected chi connectivity index (χ4v) is 3.98. The van der Waals surface area contributed by atoms with E-state index in [9.17, 15) is 0 Å². The summed E-state index contributed by atoms with van der Waals surface area (Å²) in [5.41, 5.74) is 2.60. The normalized spacial score (nSPS) is 37.7. The molecule has 2 aliphatic rings. The molecule has 0 aliphatic heterocycles. The largest absolute Gasteiger partial charge is 0.134 e. The zero-order valence-electron chi connectivity index (χ0n) is 9.62. The molecule has 15 heavy (non-hydrogen) atoms. The van der Waals surface area contributed by atoms with Crippen molar-refractivity contribution in [3.05, 3.63) is 11.4 Å². The molecule has 0 N–H and O–H groups in total. The predicted molar refractivity (Wildman–Crippen MR) is 75.2 cm³/mol. The monoisotopic (exact) mass is 242 g/mol. The minimum absolute atomic E-state index is 0.923. The minimum Gasteiger partial charge on any atom is -0.134 e. The van der Waals surface area contributed by atoms with Crippen molar-refractivity contribution in [2.45, 2.75) is 57.0 Å². The summed E-state index contributed by atoms with van der Waals surface area (Å²) in [6.07, 6.45) is 11.6. The summed E-state index contributed by atoms with van der Waals surface area (Å²) in [6, 6.07) is 0. The topological polar surface area (TPSA) is 0 Å². The van der Waals surface area contributed by atoms with E-state index in [1.807, 2.05) is 0 Å². The van der Waals surface area contributed by atoms with Gasteiger partial charge >= 0.3 is 0 Å². The van der Waals surface area contributed by atoms with Crippen molar-refractivity contribution in [1.82, 2.24) is 0 Å². The first-order chi connectivity index (χ1) is 7.29. The van der Waals surface area contributed by atoms with E-state index in [0.29, 0.717) is 0 Å². The average molecular weight is 242 g/mol. The van der Waals surface area contributed by atoms with Crippen LogP contribution < -0.4 is 0 Å².